The smallest absolute Gasteiger partial charge is 0.211 e. The van der Waals surface area contributed by atoms with Gasteiger partial charge < -0.3 is 15.1 Å². The van der Waals surface area contributed by atoms with Crippen LogP contribution in [-0.4, -0.2) is 27.6 Å². The first-order valence-corrected chi connectivity index (χ1v) is 8.79. The third kappa shape index (κ3) is 2.12. The molecular weight excluding hydrogens is 314 g/mol. The molecule has 130 valence electrons. The van der Waals surface area contributed by atoms with E-state index < -0.39 is 11.4 Å². The van der Waals surface area contributed by atoms with Gasteiger partial charge in [0.1, 0.15) is 0 Å². The molecule has 0 fully saturated rings. The number of hydrogen-bond acceptors (Lipinski definition) is 5. The van der Waals surface area contributed by atoms with Gasteiger partial charge >= 0.3 is 0 Å². The minimum Gasteiger partial charge on any atom is -0.366 e. The van der Waals surface area contributed by atoms with E-state index in [1.165, 1.54) is 0 Å². The Morgan fingerprint density at radius 2 is 1.52 bits per heavy atom. The highest BCUT2D eigenvalue weighted by Crippen LogP contribution is 2.50. The van der Waals surface area contributed by atoms with Crippen LogP contribution in [0.2, 0.25) is 0 Å². The number of fused-ring (bicyclic) bond motifs is 3. The zero-order valence-electron chi connectivity index (χ0n) is 14.6. The number of para-hydroxylation sites is 2. The number of aliphatic imine (C=N–C) groups is 1. The van der Waals surface area contributed by atoms with Crippen molar-refractivity contribution in [3.8, 4) is 0 Å². The first kappa shape index (κ1) is 16.1. The number of guanidine groups is 1. The lowest BCUT2D eigenvalue weighted by Crippen LogP contribution is -2.59. The molecule has 0 aromatic heterocycles. The molecule has 2 unspecified atom stereocenters. The fourth-order valence-electron chi connectivity index (χ4n) is 3.85. The third-order valence-electron chi connectivity index (χ3n) is 5.32. The number of hydrogen-bond donors (Lipinski definition) is 2. The fourth-order valence-corrected chi connectivity index (χ4v) is 3.85. The van der Waals surface area contributed by atoms with Crippen LogP contribution in [0.4, 0.5) is 11.4 Å². The van der Waals surface area contributed by atoms with Gasteiger partial charge in [-0.1, -0.05) is 56.3 Å². The quantitative estimate of drug-likeness (QED) is 0.900. The van der Waals surface area contributed by atoms with Crippen LogP contribution < -0.4 is 9.80 Å². The van der Waals surface area contributed by atoms with Crippen LogP contribution in [-0.2, 0) is 6.54 Å². The second-order valence-electron chi connectivity index (χ2n) is 6.65. The van der Waals surface area contributed by atoms with Gasteiger partial charge in [0.2, 0.25) is 11.7 Å². The Balaban J connectivity index is 1.85. The van der Waals surface area contributed by atoms with Crippen LogP contribution in [0, 0.1) is 0 Å². The standard InChI is InChI=1S/C20H23N3O2/c1-3-19(24)20(25,4-2)23-17-13-9-8-12-16(17)22(18(23)21-19)14-15-10-6-5-7-11-15/h5-13,24-25H,3-4,14H2,1-2H3. The minimum absolute atomic E-state index is 0.346. The van der Waals surface area contributed by atoms with E-state index in [1.807, 2.05) is 56.3 Å². The van der Waals surface area contributed by atoms with E-state index in [0.717, 1.165) is 16.9 Å². The van der Waals surface area contributed by atoms with Crippen LogP contribution in [0.3, 0.4) is 0 Å². The maximum atomic E-state index is 11.4. The van der Waals surface area contributed by atoms with Crippen molar-refractivity contribution in [2.45, 2.75) is 44.7 Å². The summed E-state index contributed by atoms with van der Waals surface area (Å²) in [4.78, 5) is 8.46. The Hall–Kier alpha value is -2.37. The van der Waals surface area contributed by atoms with Crippen molar-refractivity contribution in [1.82, 2.24) is 0 Å². The van der Waals surface area contributed by atoms with E-state index in [0.29, 0.717) is 25.3 Å². The van der Waals surface area contributed by atoms with E-state index in [1.54, 1.807) is 4.90 Å². The Labute approximate surface area is 147 Å². The molecule has 0 amide bonds. The summed E-state index contributed by atoms with van der Waals surface area (Å²) in [6, 6.07) is 18.1. The van der Waals surface area contributed by atoms with E-state index in [-0.39, 0.29) is 0 Å². The average Bonchev–Trinajstić information content (AvgIpc) is 3.07. The molecule has 0 radical (unpaired) electrons. The summed E-state index contributed by atoms with van der Waals surface area (Å²) in [5.41, 5.74) is 0.0629. The van der Waals surface area contributed by atoms with E-state index in [9.17, 15) is 10.2 Å². The van der Waals surface area contributed by atoms with Crippen LogP contribution >= 0.6 is 0 Å². The Bertz CT molecular complexity index is 823. The molecule has 2 N–H and O–H groups in total. The Kier molecular flexibility index (Phi) is 3.60. The molecular formula is C20H23N3O2. The van der Waals surface area contributed by atoms with Gasteiger partial charge in [0, 0.05) is 0 Å². The first-order chi connectivity index (χ1) is 12.0. The normalized spacial score (nSPS) is 27.3. The summed E-state index contributed by atoms with van der Waals surface area (Å²) in [6.45, 7) is 4.36. The van der Waals surface area contributed by atoms with Crippen molar-refractivity contribution in [1.29, 1.82) is 0 Å². The predicted octanol–water partition coefficient (Wildman–Crippen LogP) is 3.08. The zero-order valence-corrected chi connectivity index (χ0v) is 14.6. The van der Waals surface area contributed by atoms with Crippen molar-refractivity contribution < 1.29 is 10.2 Å². The number of rotatable bonds is 4. The number of benzene rings is 2. The lowest BCUT2D eigenvalue weighted by Gasteiger charge is -2.40. The molecule has 0 spiro atoms. The molecule has 5 nitrogen and oxygen atoms in total. The molecule has 2 aromatic rings. The number of anilines is 2. The third-order valence-corrected chi connectivity index (χ3v) is 5.32. The minimum atomic E-state index is -1.51. The fraction of sp³-hybridized carbons (Fsp3) is 0.350. The molecule has 0 aliphatic carbocycles. The SMILES string of the molecule is CCC1(O)N=C2N(Cc3ccccc3)c3ccccc3N2C1(O)CC. The van der Waals surface area contributed by atoms with E-state index >= 15 is 0 Å². The summed E-state index contributed by atoms with van der Waals surface area (Å²) in [7, 11) is 0. The molecule has 0 saturated heterocycles. The molecule has 2 aromatic carbocycles. The Morgan fingerprint density at radius 3 is 2.16 bits per heavy atom. The second-order valence-corrected chi connectivity index (χ2v) is 6.65. The first-order valence-electron chi connectivity index (χ1n) is 8.79. The lowest BCUT2D eigenvalue weighted by molar-refractivity contribution is -0.135. The topological polar surface area (TPSA) is 59.3 Å². The van der Waals surface area contributed by atoms with Crippen molar-refractivity contribution in [3.05, 3.63) is 60.2 Å². The molecule has 0 bridgehead atoms. The van der Waals surface area contributed by atoms with Crippen LogP contribution in [0.15, 0.2) is 59.6 Å². The van der Waals surface area contributed by atoms with Crippen LogP contribution in [0.25, 0.3) is 0 Å². The molecule has 0 saturated carbocycles. The van der Waals surface area contributed by atoms with Crippen LogP contribution in [0.5, 0.6) is 0 Å². The molecule has 25 heavy (non-hydrogen) atoms. The average molecular weight is 337 g/mol. The van der Waals surface area contributed by atoms with Gasteiger partial charge in [0.05, 0.1) is 17.9 Å². The summed E-state index contributed by atoms with van der Waals surface area (Å²) >= 11 is 0. The lowest BCUT2D eigenvalue weighted by atomic mass is 9.94. The molecule has 2 aliphatic rings. The van der Waals surface area contributed by atoms with E-state index in [2.05, 4.69) is 22.0 Å². The van der Waals surface area contributed by atoms with Gasteiger partial charge in [0.15, 0.2) is 5.72 Å². The Morgan fingerprint density at radius 1 is 0.880 bits per heavy atom. The maximum Gasteiger partial charge on any atom is 0.211 e. The number of nitrogens with zero attached hydrogens (tertiary/aromatic N) is 3. The van der Waals surface area contributed by atoms with Gasteiger partial charge in [0.25, 0.3) is 0 Å². The van der Waals surface area contributed by atoms with Crippen molar-refractivity contribution in [2.75, 3.05) is 9.80 Å². The van der Waals surface area contributed by atoms with Gasteiger partial charge in [-0.15, -0.1) is 0 Å². The summed E-state index contributed by atoms with van der Waals surface area (Å²) in [5, 5.41) is 22.4. The molecule has 2 heterocycles. The highest BCUT2D eigenvalue weighted by Gasteiger charge is 2.61. The second kappa shape index (κ2) is 5.58. The summed E-state index contributed by atoms with van der Waals surface area (Å²) in [5.74, 6) is 0.610. The van der Waals surface area contributed by atoms with Crippen molar-refractivity contribution in [2.24, 2.45) is 4.99 Å². The van der Waals surface area contributed by atoms with E-state index in [4.69, 9.17) is 0 Å². The molecule has 4 rings (SSSR count). The summed E-state index contributed by atoms with van der Waals surface area (Å²) in [6.07, 6.45) is 0.719. The van der Waals surface area contributed by atoms with Crippen molar-refractivity contribution in [3.63, 3.8) is 0 Å². The van der Waals surface area contributed by atoms with Crippen LogP contribution in [0.1, 0.15) is 32.3 Å². The zero-order chi connectivity index (χ0) is 17.7. The predicted molar refractivity (Wildman–Crippen MR) is 99.5 cm³/mol. The molecule has 5 heteroatoms. The van der Waals surface area contributed by atoms with Gasteiger partial charge in [-0.2, -0.15) is 0 Å². The van der Waals surface area contributed by atoms with Gasteiger partial charge in [-0.3, -0.25) is 4.90 Å². The maximum absolute atomic E-state index is 11.4. The molecule has 2 aliphatic heterocycles. The monoisotopic (exact) mass is 337 g/mol. The van der Waals surface area contributed by atoms with Crippen molar-refractivity contribution >= 4 is 17.3 Å². The largest absolute Gasteiger partial charge is 0.366 e. The highest BCUT2D eigenvalue weighted by molar-refractivity contribution is 6.18. The van der Waals surface area contributed by atoms with Gasteiger partial charge in [-0.05, 0) is 30.5 Å². The highest BCUT2D eigenvalue weighted by atomic mass is 16.4. The number of aliphatic hydroxyl groups is 2. The van der Waals surface area contributed by atoms with Gasteiger partial charge in [-0.25, -0.2) is 4.99 Å². The summed E-state index contributed by atoms with van der Waals surface area (Å²) < 4.78 is 0. The molecule has 2 atom stereocenters.